The smallest absolute Gasteiger partial charge is 0.123 e. The predicted octanol–water partition coefficient (Wildman–Crippen LogP) is 3.32. The lowest BCUT2D eigenvalue weighted by Crippen LogP contribution is -1.99. The molecule has 0 amide bonds. The Hall–Kier alpha value is -1.09. The van der Waals surface area contributed by atoms with Crippen LogP contribution in [0, 0.1) is 5.92 Å². The molecule has 1 heterocycles. The third-order valence-electron chi connectivity index (χ3n) is 2.82. The largest absolute Gasteiger partial charge is 0.350 e. The van der Waals surface area contributed by atoms with Gasteiger partial charge in [-0.25, -0.2) is 0 Å². The van der Waals surface area contributed by atoms with Gasteiger partial charge in [-0.05, 0) is 24.1 Å². The first kappa shape index (κ1) is 11.4. The highest BCUT2D eigenvalue weighted by atomic mass is 79.9. The first-order valence-electron chi connectivity index (χ1n) is 5.31. The van der Waals surface area contributed by atoms with Crippen LogP contribution in [0.1, 0.15) is 12.5 Å². The number of aromatic nitrogens is 1. The molecule has 0 radical (unpaired) electrons. The number of aldehydes is 1. The van der Waals surface area contributed by atoms with E-state index in [-0.39, 0.29) is 5.92 Å². The van der Waals surface area contributed by atoms with Crippen LogP contribution >= 0.6 is 15.9 Å². The van der Waals surface area contributed by atoms with Crippen LogP contribution in [-0.4, -0.2) is 10.9 Å². The van der Waals surface area contributed by atoms with Gasteiger partial charge in [-0.1, -0.05) is 28.9 Å². The van der Waals surface area contributed by atoms with Crippen molar-refractivity contribution in [2.45, 2.75) is 13.3 Å². The van der Waals surface area contributed by atoms with Crippen molar-refractivity contribution in [3.63, 3.8) is 0 Å². The lowest BCUT2D eigenvalue weighted by atomic mass is 10.0. The summed E-state index contributed by atoms with van der Waals surface area (Å²) in [5.41, 5.74) is 2.42. The Labute approximate surface area is 103 Å². The van der Waals surface area contributed by atoms with Gasteiger partial charge in [0.1, 0.15) is 6.29 Å². The fourth-order valence-corrected chi connectivity index (χ4v) is 2.65. The van der Waals surface area contributed by atoms with E-state index in [1.54, 1.807) is 0 Å². The number of fused-ring (bicyclic) bond motifs is 1. The molecule has 0 fully saturated rings. The summed E-state index contributed by atoms with van der Waals surface area (Å²) in [6.45, 7) is 1.95. The number of carbonyl (C=O) groups is 1. The molecule has 0 N–H and O–H groups in total. The minimum absolute atomic E-state index is 0.0673. The van der Waals surface area contributed by atoms with E-state index < -0.39 is 0 Å². The average Bonchev–Trinajstić information content (AvgIpc) is 2.57. The number of nitrogens with zero attached hydrogens (tertiary/aromatic N) is 1. The molecule has 1 atom stereocenters. The molecule has 0 saturated carbocycles. The van der Waals surface area contributed by atoms with Gasteiger partial charge < -0.3 is 9.36 Å². The lowest BCUT2D eigenvalue weighted by Gasteiger charge is -2.03. The third-order valence-corrected chi connectivity index (χ3v) is 3.48. The highest BCUT2D eigenvalue weighted by Crippen LogP contribution is 2.29. The van der Waals surface area contributed by atoms with Crippen LogP contribution in [0.4, 0.5) is 0 Å². The Bertz CT molecular complexity index is 530. The molecule has 3 heteroatoms. The maximum atomic E-state index is 10.7. The second kappa shape index (κ2) is 4.42. The number of aryl methyl sites for hydroxylation is 1. The number of rotatable bonds is 3. The van der Waals surface area contributed by atoms with Crippen molar-refractivity contribution in [3.05, 3.63) is 34.4 Å². The van der Waals surface area contributed by atoms with E-state index in [9.17, 15) is 4.79 Å². The molecule has 0 aliphatic rings. The molecule has 2 rings (SSSR count). The molecule has 0 spiro atoms. The van der Waals surface area contributed by atoms with E-state index >= 15 is 0 Å². The van der Waals surface area contributed by atoms with Crippen LogP contribution in [0.3, 0.4) is 0 Å². The Morgan fingerprint density at radius 1 is 1.50 bits per heavy atom. The van der Waals surface area contributed by atoms with Crippen molar-refractivity contribution < 1.29 is 4.79 Å². The van der Waals surface area contributed by atoms with Gasteiger partial charge >= 0.3 is 0 Å². The fraction of sp³-hybridized carbons (Fsp3) is 0.308. The van der Waals surface area contributed by atoms with Crippen molar-refractivity contribution in [3.8, 4) is 0 Å². The Balaban J connectivity index is 2.57. The summed E-state index contributed by atoms with van der Waals surface area (Å²) in [5.74, 6) is 0.0673. The molecule has 0 bridgehead atoms. The number of halogens is 1. The van der Waals surface area contributed by atoms with E-state index in [1.165, 1.54) is 16.5 Å². The van der Waals surface area contributed by atoms with Crippen molar-refractivity contribution in [2.24, 2.45) is 13.0 Å². The molecule has 16 heavy (non-hydrogen) atoms. The van der Waals surface area contributed by atoms with E-state index in [0.717, 1.165) is 17.2 Å². The highest BCUT2D eigenvalue weighted by molar-refractivity contribution is 9.10. The fourth-order valence-electron chi connectivity index (χ4n) is 2.04. The monoisotopic (exact) mass is 279 g/mol. The summed E-state index contributed by atoms with van der Waals surface area (Å²) in [7, 11) is 2.03. The molecule has 0 saturated heterocycles. The van der Waals surface area contributed by atoms with Gasteiger partial charge in [-0.2, -0.15) is 0 Å². The second-order valence-electron chi connectivity index (χ2n) is 4.22. The maximum Gasteiger partial charge on any atom is 0.123 e. The lowest BCUT2D eigenvalue weighted by molar-refractivity contribution is -0.110. The highest BCUT2D eigenvalue weighted by Gasteiger charge is 2.11. The zero-order chi connectivity index (χ0) is 11.7. The normalized spacial score (nSPS) is 12.9. The van der Waals surface area contributed by atoms with E-state index in [0.29, 0.717) is 0 Å². The molecule has 2 nitrogen and oxygen atoms in total. The van der Waals surface area contributed by atoms with Crippen LogP contribution in [-0.2, 0) is 18.3 Å². The van der Waals surface area contributed by atoms with Gasteiger partial charge in [-0.15, -0.1) is 0 Å². The average molecular weight is 280 g/mol. The SMILES string of the molecule is CC(C=O)Cc1cn(C)c2cccc(Br)c12. The van der Waals surface area contributed by atoms with Crippen LogP contribution in [0.15, 0.2) is 28.9 Å². The summed E-state index contributed by atoms with van der Waals surface area (Å²) < 4.78 is 3.20. The number of hydrogen-bond acceptors (Lipinski definition) is 1. The summed E-state index contributed by atoms with van der Waals surface area (Å²) >= 11 is 3.57. The summed E-state index contributed by atoms with van der Waals surface area (Å²) in [6, 6.07) is 6.16. The van der Waals surface area contributed by atoms with Gasteiger partial charge in [0, 0.05) is 34.5 Å². The van der Waals surface area contributed by atoms with Gasteiger partial charge in [0.15, 0.2) is 0 Å². The first-order chi connectivity index (χ1) is 7.63. The van der Waals surface area contributed by atoms with Gasteiger partial charge in [-0.3, -0.25) is 0 Å². The third kappa shape index (κ3) is 1.92. The van der Waals surface area contributed by atoms with Gasteiger partial charge in [0.25, 0.3) is 0 Å². The summed E-state index contributed by atoms with van der Waals surface area (Å²) in [4.78, 5) is 10.7. The molecule has 2 aromatic rings. The molecule has 84 valence electrons. The van der Waals surface area contributed by atoms with Crippen molar-refractivity contribution in [2.75, 3.05) is 0 Å². The molecule has 1 unspecified atom stereocenters. The predicted molar refractivity (Wildman–Crippen MR) is 69.6 cm³/mol. The molecular formula is C13H14BrNO. The number of hydrogen-bond donors (Lipinski definition) is 0. The van der Waals surface area contributed by atoms with Crippen LogP contribution in [0.5, 0.6) is 0 Å². The Morgan fingerprint density at radius 3 is 2.94 bits per heavy atom. The Kier molecular flexibility index (Phi) is 3.15. The standard InChI is InChI=1S/C13H14BrNO/c1-9(8-16)6-10-7-15(2)12-5-3-4-11(14)13(10)12/h3-5,7-9H,6H2,1-2H3. The zero-order valence-corrected chi connectivity index (χ0v) is 11.0. The summed E-state index contributed by atoms with van der Waals surface area (Å²) in [5, 5.41) is 1.22. The molecular weight excluding hydrogens is 266 g/mol. The molecule has 1 aromatic carbocycles. The number of carbonyl (C=O) groups excluding carboxylic acids is 1. The molecule has 0 aliphatic heterocycles. The zero-order valence-electron chi connectivity index (χ0n) is 9.40. The molecule has 0 aliphatic carbocycles. The van der Waals surface area contributed by atoms with Crippen LogP contribution < -0.4 is 0 Å². The quantitative estimate of drug-likeness (QED) is 0.790. The second-order valence-corrected chi connectivity index (χ2v) is 5.07. The Morgan fingerprint density at radius 2 is 2.25 bits per heavy atom. The topological polar surface area (TPSA) is 22.0 Å². The van der Waals surface area contributed by atoms with Crippen LogP contribution in [0.25, 0.3) is 10.9 Å². The van der Waals surface area contributed by atoms with Crippen LogP contribution in [0.2, 0.25) is 0 Å². The summed E-state index contributed by atoms with van der Waals surface area (Å²) in [6.07, 6.45) is 3.91. The minimum atomic E-state index is 0.0673. The maximum absolute atomic E-state index is 10.7. The minimum Gasteiger partial charge on any atom is -0.350 e. The van der Waals surface area contributed by atoms with Gasteiger partial charge in [0.2, 0.25) is 0 Å². The van der Waals surface area contributed by atoms with Crippen molar-refractivity contribution in [1.82, 2.24) is 4.57 Å². The van der Waals surface area contributed by atoms with Gasteiger partial charge in [0.05, 0.1) is 0 Å². The van der Waals surface area contributed by atoms with Crippen molar-refractivity contribution in [1.29, 1.82) is 0 Å². The molecule has 1 aromatic heterocycles. The first-order valence-corrected chi connectivity index (χ1v) is 6.10. The van der Waals surface area contributed by atoms with E-state index in [2.05, 4.69) is 32.8 Å². The van der Waals surface area contributed by atoms with E-state index in [1.807, 2.05) is 26.1 Å². The van der Waals surface area contributed by atoms with Crippen molar-refractivity contribution >= 4 is 33.1 Å². The van der Waals surface area contributed by atoms with E-state index in [4.69, 9.17) is 0 Å². The number of benzene rings is 1.